The molecule has 16 heavy (non-hydrogen) atoms. The van der Waals surface area contributed by atoms with E-state index in [9.17, 15) is 14.4 Å². The number of hydrogen-bond donors (Lipinski definition) is 2. The third-order valence-corrected chi connectivity index (χ3v) is 3.27. The Kier molecular flexibility index (Phi) is 2.57. The first-order valence-corrected chi connectivity index (χ1v) is 5.48. The molecular weight excluding hydrogens is 210 g/mol. The number of nitrogens with two attached hydrogens (primary N) is 1. The third kappa shape index (κ3) is 1.64. The van der Waals surface area contributed by atoms with Crippen molar-refractivity contribution < 1.29 is 14.4 Å². The van der Waals surface area contributed by atoms with Crippen LogP contribution in [-0.4, -0.2) is 34.8 Å². The summed E-state index contributed by atoms with van der Waals surface area (Å²) >= 11 is 0. The summed E-state index contributed by atoms with van der Waals surface area (Å²) in [6.07, 6.45) is 4.26. The van der Waals surface area contributed by atoms with Crippen LogP contribution in [0.1, 0.15) is 32.1 Å². The van der Waals surface area contributed by atoms with E-state index in [0.717, 1.165) is 24.2 Å². The second-order valence-electron chi connectivity index (χ2n) is 4.43. The molecule has 1 saturated carbocycles. The van der Waals surface area contributed by atoms with Crippen LogP contribution in [0, 0.1) is 0 Å². The van der Waals surface area contributed by atoms with E-state index in [0.29, 0.717) is 12.8 Å². The predicted molar refractivity (Wildman–Crippen MR) is 55.3 cm³/mol. The van der Waals surface area contributed by atoms with E-state index in [1.54, 1.807) is 0 Å². The Balaban J connectivity index is 2.17. The molecule has 1 saturated heterocycles. The molecule has 0 aromatic heterocycles. The van der Waals surface area contributed by atoms with Crippen LogP contribution in [0.15, 0.2) is 0 Å². The monoisotopic (exact) mass is 225 g/mol. The molecule has 0 aromatic rings. The number of nitrogens with one attached hydrogen (secondary N) is 1. The molecule has 6 nitrogen and oxygen atoms in total. The van der Waals surface area contributed by atoms with Gasteiger partial charge in [0.1, 0.15) is 12.1 Å². The number of amides is 4. The first-order chi connectivity index (χ1) is 7.55. The van der Waals surface area contributed by atoms with E-state index in [1.807, 2.05) is 0 Å². The van der Waals surface area contributed by atoms with E-state index >= 15 is 0 Å². The highest BCUT2D eigenvalue weighted by atomic mass is 16.2. The molecule has 2 rings (SSSR count). The van der Waals surface area contributed by atoms with E-state index in [1.165, 1.54) is 0 Å². The largest absolute Gasteiger partial charge is 0.368 e. The van der Waals surface area contributed by atoms with Crippen molar-refractivity contribution in [2.75, 3.05) is 6.54 Å². The van der Waals surface area contributed by atoms with Crippen LogP contribution in [0.3, 0.4) is 0 Å². The van der Waals surface area contributed by atoms with Gasteiger partial charge in [0.2, 0.25) is 5.91 Å². The first-order valence-electron chi connectivity index (χ1n) is 5.48. The SMILES string of the molecule is NC(=O)CN1C(=O)NC2(CCCCC2)C1=O. The second kappa shape index (κ2) is 3.77. The fourth-order valence-electron chi connectivity index (χ4n) is 2.47. The maximum Gasteiger partial charge on any atom is 0.325 e. The maximum atomic E-state index is 12.1. The molecule has 2 aliphatic rings. The van der Waals surface area contributed by atoms with Crippen LogP contribution >= 0.6 is 0 Å². The second-order valence-corrected chi connectivity index (χ2v) is 4.43. The summed E-state index contributed by atoms with van der Waals surface area (Å²) in [6, 6.07) is -0.495. The molecule has 3 N–H and O–H groups in total. The van der Waals surface area contributed by atoms with Crippen molar-refractivity contribution in [2.45, 2.75) is 37.6 Å². The Morgan fingerprint density at radius 3 is 2.50 bits per heavy atom. The Morgan fingerprint density at radius 1 is 1.31 bits per heavy atom. The molecule has 1 heterocycles. The smallest absolute Gasteiger partial charge is 0.325 e. The molecule has 1 aliphatic heterocycles. The molecule has 0 atom stereocenters. The zero-order valence-electron chi connectivity index (χ0n) is 8.99. The zero-order valence-corrected chi connectivity index (χ0v) is 8.99. The van der Waals surface area contributed by atoms with Gasteiger partial charge in [-0.05, 0) is 12.8 Å². The minimum absolute atomic E-state index is 0.295. The highest BCUT2D eigenvalue weighted by Crippen LogP contribution is 2.33. The van der Waals surface area contributed by atoms with Crippen molar-refractivity contribution in [3.63, 3.8) is 0 Å². The van der Waals surface area contributed by atoms with Crippen molar-refractivity contribution in [3.05, 3.63) is 0 Å². The first kappa shape index (κ1) is 10.9. The lowest BCUT2D eigenvalue weighted by atomic mass is 9.82. The minimum Gasteiger partial charge on any atom is -0.368 e. The summed E-state index contributed by atoms with van der Waals surface area (Å²) in [5.74, 6) is -0.965. The lowest BCUT2D eigenvalue weighted by Gasteiger charge is -2.30. The van der Waals surface area contributed by atoms with Crippen molar-refractivity contribution in [2.24, 2.45) is 5.73 Å². The summed E-state index contributed by atoms with van der Waals surface area (Å²) in [5, 5.41) is 2.70. The van der Waals surface area contributed by atoms with Crippen LogP contribution in [0.25, 0.3) is 0 Å². The molecular formula is C10H15N3O3. The number of carbonyl (C=O) groups is 3. The van der Waals surface area contributed by atoms with Gasteiger partial charge in [-0.2, -0.15) is 0 Å². The van der Waals surface area contributed by atoms with Crippen molar-refractivity contribution in [1.82, 2.24) is 10.2 Å². The van der Waals surface area contributed by atoms with Crippen LogP contribution in [0.4, 0.5) is 4.79 Å². The Bertz CT molecular complexity index is 347. The maximum absolute atomic E-state index is 12.1. The summed E-state index contributed by atoms with van der Waals surface area (Å²) in [5.41, 5.74) is 4.24. The van der Waals surface area contributed by atoms with Crippen molar-refractivity contribution in [3.8, 4) is 0 Å². The van der Waals surface area contributed by atoms with Gasteiger partial charge in [0, 0.05) is 0 Å². The van der Waals surface area contributed by atoms with Gasteiger partial charge in [0.05, 0.1) is 0 Å². The lowest BCUT2D eigenvalue weighted by molar-refractivity contribution is -0.135. The molecule has 4 amide bonds. The number of rotatable bonds is 2. The highest BCUT2D eigenvalue weighted by molar-refractivity contribution is 6.08. The normalized spacial score (nSPS) is 23.6. The van der Waals surface area contributed by atoms with Crippen LogP contribution < -0.4 is 11.1 Å². The molecule has 6 heteroatoms. The molecule has 2 fully saturated rings. The van der Waals surface area contributed by atoms with E-state index in [2.05, 4.69) is 5.32 Å². The van der Waals surface area contributed by atoms with Gasteiger partial charge >= 0.3 is 6.03 Å². The average Bonchev–Trinajstić information content (AvgIpc) is 2.44. The van der Waals surface area contributed by atoms with Gasteiger partial charge in [-0.15, -0.1) is 0 Å². The van der Waals surface area contributed by atoms with E-state index in [-0.39, 0.29) is 12.5 Å². The summed E-state index contributed by atoms with van der Waals surface area (Å²) < 4.78 is 0. The molecule has 0 radical (unpaired) electrons. The predicted octanol–water partition coefficient (Wildman–Crippen LogP) is -0.274. The Hall–Kier alpha value is -1.59. The highest BCUT2D eigenvalue weighted by Gasteiger charge is 2.51. The molecule has 0 unspecified atom stereocenters. The number of carbonyl (C=O) groups excluding carboxylic acids is 3. The zero-order chi connectivity index (χ0) is 11.8. The number of primary amides is 1. The molecule has 1 spiro atoms. The van der Waals surface area contributed by atoms with Gasteiger partial charge in [-0.1, -0.05) is 19.3 Å². The van der Waals surface area contributed by atoms with E-state index in [4.69, 9.17) is 5.73 Å². The summed E-state index contributed by atoms with van der Waals surface area (Å²) in [4.78, 5) is 35.3. The number of hydrogen-bond acceptors (Lipinski definition) is 3. The fourth-order valence-corrected chi connectivity index (χ4v) is 2.47. The minimum atomic E-state index is -0.759. The summed E-state index contributed by atoms with van der Waals surface area (Å²) in [7, 11) is 0. The van der Waals surface area contributed by atoms with Gasteiger partial charge in [0.25, 0.3) is 5.91 Å². The Labute approximate surface area is 93.1 Å². The van der Waals surface area contributed by atoms with Crippen molar-refractivity contribution in [1.29, 1.82) is 0 Å². The number of urea groups is 1. The number of imide groups is 1. The average molecular weight is 225 g/mol. The molecule has 88 valence electrons. The fraction of sp³-hybridized carbons (Fsp3) is 0.700. The molecule has 0 aromatic carbocycles. The van der Waals surface area contributed by atoms with Gasteiger partial charge < -0.3 is 11.1 Å². The lowest BCUT2D eigenvalue weighted by Crippen LogP contribution is -2.48. The van der Waals surface area contributed by atoms with Crippen LogP contribution in [0.5, 0.6) is 0 Å². The third-order valence-electron chi connectivity index (χ3n) is 3.27. The number of nitrogens with zero attached hydrogens (tertiary/aromatic N) is 1. The van der Waals surface area contributed by atoms with Crippen molar-refractivity contribution >= 4 is 17.8 Å². The Morgan fingerprint density at radius 2 is 1.94 bits per heavy atom. The van der Waals surface area contributed by atoms with Crippen LogP contribution in [0.2, 0.25) is 0 Å². The van der Waals surface area contributed by atoms with Gasteiger partial charge in [-0.3, -0.25) is 14.5 Å². The molecule has 1 aliphatic carbocycles. The quantitative estimate of drug-likeness (QED) is 0.633. The van der Waals surface area contributed by atoms with E-state index < -0.39 is 17.5 Å². The molecule has 0 bridgehead atoms. The van der Waals surface area contributed by atoms with Crippen LogP contribution in [-0.2, 0) is 9.59 Å². The van der Waals surface area contributed by atoms with Gasteiger partial charge in [0.15, 0.2) is 0 Å². The topological polar surface area (TPSA) is 92.5 Å². The van der Waals surface area contributed by atoms with Gasteiger partial charge in [-0.25, -0.2) is 4.79 Å². The summed E-state index contributed by atoms with van der Waals surface area (Å²) in [6.45, 7) is -0.327. The standard InChI is InChI=1S/C10H15N3O3/c11-7(14)6-13-8(15)10(12-9(13)16)4-2-1-3-5-10/h1-6H2,(H2,11,14)(H,12,16).